The number of halogens is 1. The minimum atomic E-state index is -3.65. The third kappa shape index (κ3) is 3.68. The van der Waals surface area contributed by atoms with Gasteiger partial charge in [-0.3, -0.25) is 0 Å². The number of sulfonamides is 1. The zero-order valence-corrected chi connectivity index (χ0v) is 14.2. The van der Waals surface area contributed by atoms with Gasteiger partial charge in [0, 0.05) is 17.1 Å². The van der Waals surface area contributed by atoms with Gasteiger partial charge in [0.2, 0.25) is 10.0 Å². The summed E-state index contributed by atoms with van der Waals surface area (Å²) in [5, 5.41) is 9.22. The molecule has 118 valence electrons. The Hall–Kier alpha value is -0.830. The van der Waals surface area contributed by atoms with E-state index in [4.69, 9.17) is 9.47 Å². The summed E-state index contributed by atoms with van der Waals surface area (Å²) in [4.78, 5) is 0.0972. The highest BCUT2D eigenvalue weighted by molar-refractivity contribution is 9.10. The van der Waals surface area contributed by atoms with Crippen LogP contribution >= 0.6 is 15.9 Å². The Morgan fingerprint density at radius 2 is 1.86 bits per heavy atom. The summed E-state index contributed by atoms with van der Waals surface area (Å²) in [6, 6.07) is 2.97. The lowest BCUT2D eigenvalue weighted by atomic mass is 9.83. The Labute approximate surface area is 132 Å². The summed E-state index contributed by atoms with van der Waals surface area (Å²) >= 11 is 3.24. The fourth-order valence-corrected chi connectivity index (χ4v) is 4.36. The molecule has 0 aromatic heterocycles. The van der Waals surface area contributed by atoms with Crippen LogP contribution in [0.2, 0.25) is 0 Å². The minimum absolute atomic E-state index is 0.0972. The SMILES string of the molecule is COc1cc(Br)c(S(=O)(=O)NCC2CC(O)C2)cc1OC. The number of rotatable bonds is 6. The number of hydrogen-bond donors (Lipinski definition) is 2. The largest absolute Gasteiger partial charge is 0.493 e. The van der Waals surface area contributed by atoms with Gasteiger partial charge in [0.05, 0.1) is 20.3 Å². The van der Waals surface area contributed by atoms with Crippen LogP contribution in [0, 0.1) is 5.92 Å². The summed E-state index contributed by atoms with van der Waals surface area (Å²) in [7, 11) is -0.717. The van der Waals surface area contributed by atoms with E-state index in [-0.39, 0.29) is 16.9 Å². The van der Waals surface area contributed by atoms with Crippen LogP contribution in [0.3, 0.4) is 0 Å². The molecule has 1 fully saturated rings. The van der Waals surface area contributed by atoms with Gasteiger partial charge in [0.15, 0.2) is 11.5 Å². The summed E-state index contributed by atoms with van der Waals surface area (Å²) in [5.41, 5.74) is 0. The molecule has 0 atom stereocenters. The van der Waals surface area contributed by atoms with Crippen molar-refractivity contribution in [3.8, 4) is 11.5 Å². The minimum Gasteiger partial charge on any atom is -0.493 e. The first kappa shape index (κ1) is 16.5. The molecule has 21 heavy (non-hydrogen) atoms. The number of hydrogen-bond acceptors (Lipinski definition) is 5. The van der Waals surface area contributed by atoms with Crippen LogP contribution in [0.4, 0.5) is 0 Å². The summed E-state index contributed by atoms with van der Waals surface area (Å²) in [6.45, 7) is 0.320. The normalized spacial score (nSPS) is 21.7. The van der Waals surface area contributed by atoms with Crippen LogP contribution in [0.5, 0.6) is 11.5 Å². The van der Waals surface area contributed by atoms with Crippen molar-refractivity contribution in [3.63, 3.8) is 0 Å². The van der Waals surface area contributed by atoms with Crippen molar-refractivity contribution in [3.05, 3.63) is 16.6 Å². The van der Waals surface area contributed by atoms with E-state index in [1.165, 1.54) is 20.3 Å². The number of methoxy groups -OCH3 is 2. The second-order valence-corrected chi connectivity index (χ2v) is 7.57. The van der Waals surface area contributed by atoms with Crippen molar-refractivity contribution in [2.45, 2.75) is 23.8 Å². The second-order valence-electron chi connectivity index (χ2n) is 4.98. The maximum Gasteiger partial charge on any atom is 0.241 e. The first-order valence-corrected chi connectivity index (χ1v) is 8.74. The fourth-order valence-electron chi connectivity index (χ4n) is 2.21. The van der Waals surface area contributed by atoms with Gasteiger partial charge in [-0.15, -0.1) is 0 Å². The van der Waals surface area contributed by atoms with Crippen molar-refractivity contribution in [1.29, 1.82) is 0 Å². The Kier molecular flexibility index (Phi) is 5.13. The molecule has 2 rings (SSSR count). The van der Waals surface area contributed by atoms with Gasteiger partial charge in [-0.2, -0.15) is 0 Å². The zero-order valence-electron chi connectivity index (χ0n) is 11.8. The van der Waals surface area contributed by atoms with Gasteiger partial charge in [0.25, 0.3) is 0 Å². The maximum atomic E-state index is 12.3. The predicted octanol–water partition coefficient (Wildman–Crippen LogP) is 1.52. The van der Waals surface area contributed by atoms with E-state index >= 15 is 0 Å². The Bertz CT molecular complexity index is 613. The third-order valence-electron chi connectivity index (χ3n) is 3.50. The molecule has 1 saturated carbocycles. The molecule has 1 aliphatic rings. The van der Waals surface area contributed by atoms with Crippen molar-refractivity contribution in [2.24, 2.45) is 5.92 Å². The second kappa shape index (κ2) is 6.51. The number of benzene rings is 1. The lowest BCUT2D eigenvalue weighted by Gasteiger charge is -2.31. The topological polar surface area (TPSA) is 84.9 Å². The molecule has 1 aliphatic carbocycles. The molecule has 6 nitrogen and oxygen atoms in total. The van der Waals surface area contributed by atoms with E-state index < -0.39 is 10.0 Å². The molecule has 0 aliphatic heterocycles. The van der Waals surface area contributed by atoms with Crippen LogP contribution in [0.25, 0.3) is 0 Å². The molecule has 1 aromatic rings. The smallest absolute Gasteiger partial charge is 0.241 e. The van der Waals surface area contributed by atoms with Crippen LogP contribution < -0.4 is 14.2 Å². The highest BCUT2D eigenvalue weighted by Crippen LogP contribution is 2.35. The number of aliphatic hydroxyl groups excluding tert-OH is 1. The summed E-state index contributed by atoms with van der Waals surface area (Å²) in [5.74, 6) is 0.985. The third-order valence-corrected chi connectivity index (χ3v) is 5.88. The molecule has 2 N–H and O–H groups in total. The van der Waals surface area contributed by atoms with Gasteiger partial charge < -0.3 is 14.6 Å². The fraction of sp³-hybridized carbons (Fsp3) is 0.538. The van der Waals surface area contributed by atoms with E-state index in [9.17, 15) is 13.5 Å². The zero-order chi connectivity index (χ0) is 15.6. The van der Waals surface area contributed by atoms with Gasteiger partial charge in [-0.1, -0.05) is 0 Å². The molecule has 0 amide bonds. The molecule has 0 radical (unpaired) electrons. The first-order valence-electron chi connectivity index (χ1n) is 6.46. The quantitative estimate of drug-likeness (QED) is 0.782. The van der Waals surface area contributed by atoms with Crippen molar-refractivity contribution in [1.82, 2.24) is 4.72 Å². The number of aliphatic hydroxyl groups is 1. The highest BCUT2D eigenvalue weighted by atomic mass is 79.9. The molecule has 0 saturated heterocycles. The summed E-state index contributed by atoms with van der Waals surface area (Å²) < 4.78 is 37.9. The van der Waals surface area contributed by atoms with Crippen LogP contribution in [0.15, 0.2) is 21.5 Å². The first-order chi connectivity index (χ1) is 9.87. The Balaban J connectivity index is 2.18. The van der Waals surface area contributed by atoms with Gasteiger partial charge in [-0.25, -0.2) is 13.1 Å². The van der Waals surface area contributed by atoms with Gasteiger partial charge >= 0.3 is 0 Å². The lowest BCUT2D eigenvalue weighted by Crippen LogP contribution is -2.38. The molecule has 0 heterocycles. The average Bonchev–Trinajstić information content (AvgIpc) is 2.41. The van der Waals surface area contributed by atoms with Crippen molar-refractivity contribution < 1.29 is 23.0 Å². The molecular formula is C13H18BrNO5S. The van der Waals surface area contributed by atoms with Crippen LogP contribution in [-0.4, -0.2) is 40.4 Å². The Morgan fingerprint density at radius 3 is 2.38 bits per heavy atom. The number of ether oxygens (including phenoxy) is 2. The van der Waals surface area contributed by atoms with E-state index in [2.05, 4.69) is 20.7 Å². The van der Waals surface area contributed by atoms with E-state index in [0.29, 0.717) is 35.4 Å². The molecule has 8 heteroatoms. The van der Waals surface area contributed by atoms with Crippen molar-refractivity contribution in [2.75, 3.05) is 20.8 Å². The Morgan fingerprint density at radius 1 is 1.29 bits per heavy atom. The monoisotopic (exact) mass is 379 g/mol. The van der Waals surface area contributed by atoms with Crippen LogP contribution in [0.1, 0.15) is 12.8 Å². The standard InChI is InChI=1S/C13H18BrNO5S/c1-19-11-5-10(14)13(6-12(11)20-2)21(17,18)15-7-8-3-9(16)4-8/h5-6,8-9,15-16H,3-4,7H2,1-2H3. The lowest BCUT2D eigenvalue weighted by molar-refractivity contribution is 0.0453. The number of nitrogens with one attached hydrogen (secondary N) is 1. The molecule has 1 aromatic carbocycles. The highest BCUT2D eigenvalue weighted by Gasteiger charge is 2.29. The van der Waals surface area contributed by atoms with E-state index in [0.717, 1.165) is 0 Å². The van der Waals surface area contributed by atoms with E-state index in [1.54, 1.807) is 6.07 Å². The predicted molar refractivity (Wildman–Crippen MR) is 81.2 cm³/mol. The molecule has 0 bridgehead atoms. The van der Waals surface area contributed by atoms with E-state index in [1.807, 2.05) is 0 Å². The molecular weight excluding hydrogens is 362 g/mol. The average molecular weight is 380 g/mol. The summed E-state index contributed by atoms with van der Waals surface area (Å²) in [6.07, 6.45) is 0.970. The van der Waals surface area contributed by atoms with Gasteiger partial charge in [-0.05, 0) is 40.8 Å². The molecule has 0 spiro atoms. The van der Waals surface area contributed by atoms with Crippen LogP contribution in [-0.2, 0) is 10.0 Å². The maximum absolute atomic E-state index is 12.3. The van der Waals surface area contributed by atoms with Crippen molar-refractivity contribution >= 4 is 26.0 Å². The molecule has 0 unspecified atom stereocenters. The van der Waals surface area contributed by atoms with Gasteiger partial charge in [0.1, 0.15) is 4.90 Å².